The van der Waals surface area contributed by atoms with Crippen LogP contribution in [0.3, 0.4) is 0 Å². The summed E-state index contributed by atoms with van der Waals surface area (Å²) in [5, 5.41) is 0.601. The molecule has 0 spiro atoms. The third kappa shape index (κ3) is 4.43. The number of piperidine rings is 1. The van der Waals surface area contributed by atoms with Gasteiger partial charge >= 0.3 is 6.03 Å². The first-order valence-electron chi connectivity index (χ1n) is 10.7. The van der Waals surface area contributed by atoms with Gasteiger partial charge in [0, 0.05) is 24.2 Å². The van der Waals surface area contributed by atoms with Gasteiger partial charge in [-0.05, 0) is 63.1 Å². The third-order valence-electron chi connectivity index (χ3n) is 5.90. The van der Waals surface area contributed by atoms with Crippen molar-refractivity contribution in [1.29, 1.82) is 0 Å². The molecule has 0 atom stereocenters. The first-order chi connectivity index (χ1) is 15.3. The average Bonchev–Trinajstić information content (AvgIpc) is 3.09. The minimum Gasteiger partial charge on any atom is -0.478 e. The lowest BCUT2D eigenvalue weighted by Gasteiger charge is -2.39. The van der Waals surface area contributed by atoms with Crippen molar-refractivity contribution in [2.45, 2.75) is 38.3 Å². The molecule has 0 unspecified atom stereocenters. The van der Waals surface area contributed by atoms with E-state index >= 15 is 0 Å². The predicted molar refractivity (Wildman–Crippen MR) is 122 cm³/mol. The molecule has 4 amide bonds. The summed E-state index contributed by atoms with van der Waals surface area (Å²) in [6, 6.07) is 15.5. The molecule has 2 aliphatic heterocycles. The van der Waals surface area contributed by atoms with Gasteiger partial charge in [-0.25, -0.2) is 9.69 Å². The maximum absolute atomic E-state index is 13.1. The lowest BCUT2D eigenvalue weighted by Crippen LogP contribution is -2.54. The summed E-state index contributed by atoms with van der Waals surface area (Å²) < 4.78 is 5.93. The van der Waals surface area contributed by atoms with E-state index in [0.717, 1.165) is 0 Å². The molecule has 32 heavy (non-hydrogen) atoms. The predicted octanol–water partition coefficient (Wildman–Crippen LogP) is 3.96. The number of carbonyl (C=O) groups excluding carboxylic acids is 3. The van der Waals surface area contributed by atoms with Gasteiger partial charge in [0.25, 0.3) is 11.8 Å². The van der Waals surface area contributed by atoms with Crippen molar-refractivity contribution < 1.29 is 19.1 Å². The van der Waals surface area contributed by atoms with Crippen molar-refractivity contribution in [3.8, 4) is 5.75 Å². The highest BCUT2D eigenvalue weighted by atomic mass is 35.5. The number of anilines is 1. The summed E-state index contributed by atoms with van der Waals surface area (Å²) in [6.07, 6.45) is 1.23. The second-order valence-electron chi connectivity index (χ2n) is 8.56. The van der Waals surface area contributed by atoms with Crippen molar-refractivity contribution in [2.24, 2.45) is 0 Å². The molecule has 0 saturated carbocycles. The van der Waals surface area contributed by atoms with Crippen LogP contribution in [0.5, 0.6) is 5.75 Å². The van der Waals surface area contributed by atoms with Gasteiger partial charge in [-0.1, -0.05) is 29.8 Å². The Morgan fingerprint density at radius 3 is 2.25 bits per heavy atom. The summed E-state index contributed by atoms with van der Waals surface area (Å²) in [4.78, 5) is 43.2. The van der Waals surface area contributed by atoms with Crippen LogP contribution in [0.2, 0.25) is 5.02 Å². The van der Waals surface area contributed by atoms with Crippen LogP contribution in [0, 0.1) is 0 Å². The molecule has 4 rings (SSSR count). The van der Waals surface area contributed by atoms with Crippen molar-refractivity contribution in [2.75, 3.05) is 24.5 Å². The largest absolute Gasteiger partial charge is 0.478 e. The monoisotopic (exact) mass is 455 g/mol. The van der Waals surface area contributed by atoms with Crippen molar-refractivity contribution >= 4 is 35.1 Å². The van der Waals surface area contributed by atoms with Crippen molar-refractivity contribution in [3.05, 3.63) is 59.6 Å². The van der Waals surface area contributed by atoms with Crippen LogP contribution in [0.15, 0.2) is 54.6 Å². The van der Waals surface area contributed by atoms with Crippen molar-refractivity contribution in [3.63, 3.8) is 0 Å². The number of benzene rings is 2. The fourth-order valence-electron chi connectivity index (χ4n) is 4.24. The molecule has 2 fully saturated rings. The molecule has 2 aromatic rings. The molecular formula is C24H26ClN3O4. The normalized spacial score (nSPS) is 17.8. The topological polar surface area (TPSA) is 70.2 Å². The van der Waals surface area contributed by atoms with Crippen molar-refractivity contribution in [1.82, 2.24) is 9.80 Å². The number of urea groups is 1. The van der Waals surface area contributed by atoms with Crippen LogP contribution >= 0.6 is 11.6 Å². The second kappa shape index (κ2) is 8.82. The van der Waals surface area contributed by atoms with Crippen LogP contribution in [-0.4, -0.2) is 58.9 Å². The highest BCUT2D eigenvalue weighted by molar-refractivity contribution is 6.30. The number of carbonyl (C=O) groups is 3. The van der Waals surface area contributed by atoms with E-state index in [1.54, 1.807) is 72.2 Å². The number of hydrogen-bond acceptors (Lipinski definition) is 4. The maximum atomic E-state index is 13.1. The van der Waals surface area contributed by atoms with Crippen LogP contribution in [0.1, 0.15) is 26.7 Å². The Hall–Kier alpha value is -3.06. The van der Waals surface area contributed by atoms with E-state index in [0.29, 0.717) is 42.4 Å². The fourth-order valence-corrected chi connectivity index (χ4v) is 4.36. The van der Waals surface area contributed by atoms with E-state index in [1.165, 1.54) is 4.90 Å². The molecular weight excluding hydrogens is 430 g/mol. The Kier molecular flexibility index (Phi) is 6.11. The number of amides is 4. The summed E-state index contributed by atoms with van der Waals surface area (Å²) in [6.45, 7) is 4.56. The number of imide groups is 1. The maximum Gasteiger partial charge on any atom is 0.332 e. The molecule has 0 radical (unpaired) electrons. The minimum atomic E-state index is -1.04. The Balaban J connectivity index is 1.36. The summed E-state index contributed by atoms with van der Waals surface area (Å²) >= 11 is 5.92. The molecule has 2 heterocycles. The lowest BCUT2D eigenvalue weighted by molar-refractivity contribution is -0.147. The smallest absolute Gasteiger partial charge is 0.332 e. The number of ether oxygens (including phenoxy) is 1. The Morgan fingerprint density at radius 2 is 1.62 bits per heavy atom. The van der Waals surface area contributed by atoms with Gasteiger partial charge in [-0.2, -0.15) is 0 Å². The highest BCUT2D eigenvalue weighted by Crippen LogP contribution is 2.28. The van der Waals surface area contributed by atoms with Crippen LogP contribution in [-0.2, 0) is 9.59 Å². The number of likely N-dealkylation sites (tertiary alicyclic amines) is 1. The van der Waals surface area contributed by atoms with Crippen LogP contribution < -0.4 is 9.64 Å². The molecule has 8 heteroatoms. The van der Waals surface area contributed by atoms with Gasteiger partial charge < -0.3 is 14.5 Å². The van der Waals surface area contributed by atoms with E-state index in [4.69, 9.17) is 16.3 Å². The quantitative estimate of drug-likeness (QED) is 0.640. The Labute approximate surface area is 192 Å². The minimum absolute atomic E-state index is 0.0670. The number of halogens is 1. The second-order valence-corrected chi connectivity index (χ2v) is 9.00. The first-order valence-corrected chi connectivity index (χ1v) is 11.1. The molecule has 7 nitrogen and oxygen atoms in total. The third-order valence-corrected chi connectivity index (χ3v) is 6.15. The van der Waals surface area contributed by atoms with Gasteiger partial charge in [0.15, 0.2) is 5.60 Å². The molecule has 2 aliphatic rings. The van der Waals surface area contributed by atoms with Crippen LogP contribution in [0.25, 0.3) is 0 Å². The number of hydrogen-bond donors (Lipinski definition) is 0. The molecule has 0 aliphatic carbocycles. The van der Waals surface area contributed by atoms with Gasteiger partial charge in [-0.15, -0.1) is 0 Å². The lowest BCUT2D eigenvalue weighted by atomic mass is 10.0. The van der Waals surface area contributed by atoms with E-state index in [2.05, 4.69) is 0 Å². The summed E-state index contributed by atoms with van der Waals surface area (Å²) in [7, 11) is 0. The summed E-state index contributed by atoms with van der Waals surface area (Å²) in [5.41, 5.74) is -0.455. The molecule has 2 aromatic carbocycles. The van der Waals surface area contributed by atoms with E-state index in [1.807, 2.05) is 6.07 Å². The van der Waals surface area contributed by atoms with Gasteiger partial charge in [0.1, 0.15) is 12.3 Å². The van der Waals surface area contributed by atoms with Gasteiger partial charge in [-0.3, -0.25) is 9.59 Å². The zero-order valence-electron chi connectivity index (χ0n) is 18.2. The zero-order valence-corrected chi connectivity index (χ0v) is 18.9. The molecule has 0 N–H and O–H groups in total. The standard InChI is InChI=1S/C24H26ClN3O4/c1-24(2,32-20-10-8-17(25)9-11-20)22(30)26-14-12-18(13-15-26)27-16-21(29)28(23(27)31)19-6-4-3-5-7-19/h3-11,18H,12-16H2,1-2H3. The molecule has 0 bridgehead atoms. The number of para-hydroxylation sites is 1. The van der Waals surface area contributed by atoms with Crippen LogP contribution in [0.4, 0.5) is 10.5 Å². The fraction of sp³-hybridized carbons (Fsp3) is 0.375. The van der Waals surface area contributed by atoms with E-state index in [9.17, 15) is 14.4 Å². The van der Waals surface area contributed by atoms with E-state index < -0.39 is 5.60 Å². The Bertz CT molecular complexity index is 1000. The summed E-state index contributed by atoms with van der Waals surface area (Å²) in [5.74, 6) is 0.239. The van der Waals surface area contributed by atoms with Gasteiger partial charge in [0.2, 0.25) is 0 Å². The van der Waals surface area contributed by atoms with E-state index in [-0.39, 0.29) is 30.4 Å². The van der Waals surface area contributed by atoms with Gasteiger partial charge in [0.05, 0.1) is 5.69 Å². The Morgan fingerprint density at radius 1 is 1.00 bits per heavy atom. The zero-order chi connectivity index (χ0) is 22.9. The number of rotatable bonds is 5. The highest BCUT2D eigenvalue weighted by Gasteiger charge is 2.43. The molecule has 168 valence electrons. The first kappa shape index (κ1) is 22.1. The number of nitrogens with zero attached hydrogens (tertiary/aromatic N) is 3. The molecule has 0 aromatic heterocycles. The molecule has 2 saturated heterocycles. The SMILES string of the molecule is CC(C)(Oc1ccc(Cl)cc1)C(=O)N1CCC(N2CC(=O)N(c3ccccc3)C2=O)CC1. The average molecular weight is 456 g/mol.